The highest BCUT2D eigenvalue weighted by molar-refractivity contribution is 7.84. The molecule has 16 heteroatoms. The number of rotatable bonds is 8. The van der Waals surface area contributed by atoms with Gasteiger partial charge in [0.25, 0.3) is 11.8 Å². The van der Waals surface area contributed by atoms with Crippen LogP contribution in [0.25, 0.3) is 0 Å². The fourth-order valence-electron chi connectivity index (χ4n) is 2.07. The molecule has 0 aromatic carbocycles. The first-order valence-corrected chi connectivity index (χ1v) is 9.99. The summed E-state index contributed by atoms with van der Waals surface area (Å²) in [4.78, 5) is 44.5. The number of halogens is 1. The molecule has 28 heavy (non-hydrogen) atoms. The lowest BCUT2D eigenvalue weighted by Gasteiger charge is -2.44. The molecule has 13 nitrogen and oxygen atoms in total. The smallest absolute Gasteiger partial charge is 0.362 e. The van der Waals surface area contributed by atoms with E-state index < -0.39 is 40.3 Å². The predicted molar refractivity (Wildman–Crippen MR) is 96.2 cm³/mol. The van der Waals surface area contributed by atoms with Gasteiger partial charge in [0, 0.05) is 12.5 Å². The molecule has 2 heterocycles. The summed E-state index contributed by atoms with van der Waals surface area (Å²) >= 11 is 6.36. The Morgan fingerprint density at radius 2 is 2.18 bits per heavy atom. The van der Waals surface area contributed by atoms with Crippen molar-refractivity contribution in [2.45, 2.75) is 5.72 Å². The normalized spacial score (nSPS) is 19.8. The van der Waals surface area contributed by atoms with Crippen molar-refractivity contribution >= 4 is 61.8 Å². The van der Waals surface area contributed by atoms with Gasteiger partial charge in [0.2, 0.25) is 11.6 Å². The van der Waals surface area contributed by atoms with Crippen molar-refractivity contribution in [2.24, 2.45) is 5.16 Å². The average Bonchev–Trinajstić information content (AvgIpc) is 3.08. The third-order valence-corrected chi connectivity index (χ3v) is 5.25. The summed E-state index contributed by atoms with van der Waals surface area (Å²) in [6.07, 6.45) is 0. The second-order valence-electron chi connectivity index (χ2n) is 5.12. The Bertz CT molecular complexity index is 932. The Kier molecular flexibility index (Phi) is 6.56. The van der Waals surface area contributed by atoms with Gasteiger partial charge in [0.1, 0.15) is 18.7 Å². The van der Waals surface area contributed by atoms with Gasteiger partial charge in [-0.05, 0) is 0 Å². The molecule has 1 saturated heterocycles. The summed E-state index contributed by atoms with van der Waals surface area (Å²) in [6, 6.07) is 0. The van der Waals surface area contributed by atoms with E-state index in [-0.39, 0.29) is 26.7 Å². The molecule has 1 unspecified atom stereocenters. The van der Waals surface area contributed by atoms with E-state index in [1.54, 1.807) is 0 Å². The van der Waals surface area contributed by atoms with Gasteiger partial charge >= 0.3 is 10.3 Å². The molecule has 1 aliphatic rings. The Morgan fingerprint density at radius 1 is 1.50 bits per heavy atom. The molecule has 2 rings (SSSR count). The zero-order chi connectivity index (χ0) is 21.1. The second kappa shape index (κ2) is 8.36. The van der Waals surface area contributed by atoms with Gasteiger partial charge in [0.15, 0.2) is 10.8 Å². The molecule has 1 aromatic rings. The first-order valence-electron chi connectivity index (χ1n) is 7.18. The van der Waals surface area contributed by atoms with Crippen LogP contribution in [0.2, 0.25) is 0 Å². The summed E-state index contributed by atoms with van der Waals surface area (Å²) in [7, 11) is -2.56. The van der Waals surface area contributed by atoms with E-state index in [0.717, 1.165) is 25.6 Å². The number of thiazole rings is 1. The monoisotopic (exact) mass is 455 g/mol. The number of hydrogen-bond acceptors (Lipinski definition) is 10. The molecule has 0 spiro atoms. The number of oxime groups is 1. The molecule has 3 amide bonds. The van der Waals surface area contributed by atoms with Gasteiger partial charge in [-0.2, -0.15) is 8.42 Å². The topological polar surface area (TPSA) is 177 Å². The van der Waals surface area contributed by atoms with Crippen LogP contribution in [0.4, 0.5) is 5.13 Å². The Morgan fingerprint density at radius 3 is 2.68 bits per heavy atom. The lowest BCUT2D eigenvalue weighted by Crippen LogP contribution is -2.76. The Labute approximate surface area is 167 Å². The number of carbonyl (C=O) groups is 3. The van der Waals surface area contributed by atoms with Crippen LogP contribution in [0.5, 0.6) is 0 Å². The number of β-lactam (4-membered cyclic amide) rings is 1. The highest BCUT2D eigenvalue weighted by atomic mass is 35.5. The summed E-state index contributed by atoms with van der Waals surface area (Å²) < 4.78 is 36.2. The molecule has 154 valence electrons. The molecule has 1 aliphatic heterocycles. The second-order valence-corrected chi connectivity index (χ2v) is 7.58. The quantitative estimate of drug-likeness (QED) is 0.108. The Hall–Kier alpha value is -2.33. The minimum atomic E-state index is -4.79. The van der Waals surface area contributed by atoms with Gasteiger partial charge in [-0.15, -0.1) is 22.9 Å². The van der Waals surface area contributed by atoms with E-state index in [1.807, 2.05) is 0 Å². The van der Waals surface area contributed by atoms with Crippen molar-refractivity contribution in [3.05, 3.63) is 11.1 Å². The van der Waals surface area contributed by atoms with Gasteiger partial charge in [-0.25, -0.2) is 9.29 Å². The van der Waals surface area contributed by atoms with E-state index in [0.29, 0.717) is 0 Å². The van der Waals surface area contributed by atoms with Crippen molar-refractivity contribution in [1.82, 2.24) is 14.6 Å². The predicted octanol–water partition coefficient (Wildman–Crippen LogP) is -1.23. The SMILES string of the molecule is CO/N=C(\C(=O)NC1(OC)CN(S(=O)(=O)O)C1=O)c1csc(NC(=O)CCl)n1. The molecule has 1 aromatic heterocycles. The lowest BCUT2D eigenvalue weighted by atomic mass is 10.1. The molecular weight excluding hydrogens is 442 g/mol. The Balaban J connectivity index is 2.21. The fraction of sp³-hybridized carbons (Fsp3) is 0.417. The highest BCUT2D eigenvalue weighted by Crippen LogP contribution is 2.26. The van der Waals surface area contributed by atoms with Crippen molar-refractivity contribution < 1.29 is 36.9 Å². The van der Waals surface area contributed by atoms with Crippen LogP contribution in [-0.4, -0.2) is 78.1 Å². The number of amides is 3. The summed E-state index contributed by atoms with van der Waals surface area (Å²) in [5.41, 5.74) is -2.40. The number of nitrogens with zero attached hydrogens (tertiary/aromatic N) is 3. The van der Waals surface area contributed by atoms with E-state index in [2.05, 4.69) is 25.6 Å². The number of aromatic nitrogens is 1. The van der Waals surface area contributed by atoms with E-state index >= 15 is 0 Å². The van der Waals surface area contributed by atoms with Crippen molar-refractivity contribution in [3.63, 3.8) is 0 Å². The van der Waals surface area contributed by atoms with E-state index in [1.165, 1.54) is 5.38 Å². The van der Waals surface area contributed by atoms with Crippen LogP contribution in [0.3, 0.4) is 0 Å². The van der Waals surface area contributed by atoms with Crippen molar-refractivity contribution in [3.8, 4) is 0 Å². The fourth-order valence-corrected chi connectivity index (χ4v) is 3.55. The molecule has 0 aliphatic carbocycles. The molecule has 3 N–H and O–H groups in total. The zero-order valence-electron chi connectivity index (χ0n) is 14.3. The molecule has 0 saturated carbocycles. The maximum Gasteiger partial charge on any atom is 0.362 e. The van der Waals surface area contributed by atoms with Crippen LogP contribution in [0.1, 0.15) is 5.69 Å². The first kappa shape index (κ1) is 22.0. The summed E-state index contributed by atoms with van der Waals surface area (Å²) in [6.45, 7) is -0.652. The van der Waals surface area contributed by atoms with Gasteiger partial charge in [-0.1, -0.05) is 5.16 Å². The maximum atomic E-state index is 12.6. The number of hydrogen-bond donors (Lipinski definition) is 3. The number of methoxy groups -OCH3 is 1. The third kappa shape index (κ3) is 4.39. The van der Waals surface area contributed by atoms with Crippen LogP contribution in [-0.2, 0) is 34.3 Å². The van der Waals surface area contributed by atoms with Gasteiger partial charge in [0.05, 0.1) is 6.54 Å². The number of ether oxygens (including phenoxy) is 1. The minimum absolute atomic E-state index is 0.00103. The maximum absolute atomic E-state index is 12.6. The molecule has 1 atom stereocenters. The largest absolute Gasteiger partial charge is 0.398 e. The average molecular weight is 456 g/mol. The van der Waals surface area contributed by atoms with Crippen molar-refractivity contribution in [1.29, 1.82) is 0 Å². The zero-order valence-corrected chi connectivity index (χ0v) is 16.7. The third-order valence-electron chi connectivity index (χ3n) is 3.39. The highest BCUT2D eigenvalue weighted by Gasteiger charge is 2.59. The summed E-state index contributed by atoms with van der Waals surface area (Å²) in [5, 5.41) is 9.64. The number of alkyl halides is 1. The summed E-state index contributed by atoms with van der Waals surface area (Å²) in [5.74, 6) is -2.98. The molecule has 0 bridgehead atoms. The number of nitrogens with one attached hydrogen (secondary N) is 2. The van der Waals surface area contributed by atoms with E-state index in [9.17, 15) is 22.8 Å². The van der Waals surface area contributed by atoms with Crippen LogP contribution < -0.4 is 10.6 Å². The molecule has 0 radical (unpaired) electrons. The van der Waals surface area contributed by atoms with Gasteiger partial charge in [-0.3, -0.25) is 18.9 Å². The van der Waals surface area contributed by atoms with Crippen LogP contribution >= 0.6 is 22.9 Å². The molecule has 1 fully saturated rings. The standard InChI is InChI=1S/C12H14ClN5O8S2/c1-25-12(5-18(10(12)21)28(22,23)24)16-9(20)8(17-26-2)6-4-27-11(14-6)15-7(19)3-13/h4H,3,5H2,1-2H3,(H,16,20)(H,14,15,19)(H,22,23,24)/b17-8-. The van der Waals surface area contributed by atoms with Crippen molar-refractivity contribution in [2.75, 3.05) is 32.0 Å². The van der Waals surface area contributed by atoms with Crippen LogP contribution in [0.15, 0.2) is 10.5 Å². The number of carbonyl (C=O) groups excluding carboxylic acids is 3. The van der Waals surface area contributed by atoms with E-state index in [4.69, 9.17) is 20.9 Å². The first-order chi connectivity index (χ1) is 13.1. The lowest BCUT2D eigenvalue weighted by molar-refractivity contribution is -0.178. The number of anilines is 1. The minimum Gasteiger partial charge on any atom is -0.398 e. The molecular formula is C12H14ClN5O8S2. The van der Waals surface area contributed by atoms with Crippen LogP contribution in [0, 0.1) is 0 Å². The van der Waals surface area contributed by atoms with Gasteiger partial charge < -0.3 is 20.2 Å².